The number of nitrogens with one attached hydrogen (secondary N) is 2. The fraction of sp³-hybridized carbons (Fsp3) is 0.375. The largest absolute Gasteiger partial charge is 0.327 e. The fourth-order valence-corrected chi connectivity index (χ4v) is 1.41. The SMILES string of the molecule is CN1CC(=O)N(CC(=O)Nc2ncn[nH]2)C1=O. The van der Waals surface area contributed by atoms with E-state index in [0.717, 1.165) is 4.90 Å². The summed E-state index contributed by atoms with van der Waals surface area (Å²) in [6.45, 7) is -0.336. The van der Waals surface area contributed by atoms with Crippen molar-refractivity contribution in [2.75, 3.05) is 25.5 Å². The Kier molecular flexibility index (Phi) is 2.73. The van der Waals surface area contributed by atoms with Crippen LogP contribution in [0.1, 0.15) is 0 Å². The van der Waals surface area contributed by atoms with E-state index in [9.17, 15) is 14.4 Å². The number of amides is 4. The Labute approximate surface area is 95.8 Å². The van der Waals surface area contributed by atoms with Crippen LogP contribution < -0.4 is 5.32 Å². The Balaban J connectivity index is 1.95. The van der Waals surface area contributed by atoms with Gasteiger partial charge in [-0.3, -0.25) is 19.8 Å². The molecule has 2 N–H and O–H groups in total. The standard InChI is InChI=1S/C8H10N6O3/c1-13-3-6(16)14(8(13)17)2-5(15)11-7-9-4-10-12-7/h4H,2-3H2,1H3,(H2,9,10,11,12,15). The number of carbonyl (C=O) groups is 3. The van der Waals surface area contributed by atoms with Crippen LogP contribution in [0.2, 0.25) is 0 Å². The summed E-state index contributed by atoms with van der Waals surface area (Å²) < 4.78 is 0. The highest BCUT2D eigenvalue weighted by Gasteiger charge is 2.34. The van der Waals surface area contributed by atoms with Gasteiger partial charge in [-0.2, -0.15) is 10.1 Å². The van der Waals surface area contributed by atoms with Crippen LogP contribution in [-0.4, -0.2) is 63.0 Å². The number of nitrogens with zero attached hydrogens (tertiary/aromatic N) is 4. The quantitative estimate of drug-likeness (QED) is 0.631. The van der Waals surface area contributed by atoms with E-state index in [4.69, 9.17) is 0 Å². The first-order chi connectivity index (χ1) is 8.08. The third-order valence-electron chi connectivity index (χ3n) is 2.21. The van der Waals surface area contributed by atoms with Gasteiger partial charge >= 0.3 is 6.03 Å². The Hall–Kier alpha value is -2.45. The molecule has 0 aliphatic carbocycles. The average molecular weight is 238 g/mol. The third kappa shape index (κ3) is 2.22. The topological polar surface area (TPSA) is 111 Å². The van der Waals surface area contributed by atoms with Gasteiger partial charge in [-0.05, 0) is 0 Å². The Morgan fingerprint density at radius 3 is 2.88 bits per heavy atom. The molecule has 0 bridgehead atoms. The first-order valence-corrected chi connectivity index (χ1v) is 4.78. The molecule has 4 amide bonds. The van der Waals surface area contributed by atoms with Gasteiger partial charge in [0.15, 0.2) is 0 Å². The van der Waals surface area contributed by atoms with E-state index in [1.165, 1.54) is 18.3 Å². The van der Waals surface area contributed by atoms with Crippen LogP contribution in [0, 0.1) is 0 Å². The maximum absolute atomic E-state index is 11.5. The van der Waals surface area contributed by atoms with Crippen LogP contribution in [0.4, 0.5) is 10.7 Å². The Morgan fingerprint density at radius 1 is 1.59 bits per heavy atom. The van der Waals surface area contributed by atoms with Crippen molar-refractivity contribution in [2.45, 2.75) is 0 Å². The van der Waals surface area contributed by atoms with E-state index in [2.05, 4.69) is 20.5 Å². The van der Waals surface area contributed by atoms with Crippen molar-refractivity contribution < 1.29 is 14.4 Å². The smallest absolute Gasteiger partial charge is 0.318 e. The summed E-state index contributed by atoms with van der Waals surface area (Å²) in [5.74, 6) is -0.744. The van der Waals surface area contributed by atoms with Crippen LogP contribution in [0.3, 0.4) is 0 Å². The van der Waals surface area contributed by atoms with Gasteiger partial charge < -0.3 is 4.90 Å². The van der Waals surface area contributed by atoms with E-state index in [-0.39, 0.29) is 19.0 Å². The molecular weight excluding hydrogens is 228 g/mol. The lowest BCUT2D eigenvalue weighted by Crippen LogP contribution is -2.38. The van der Waals surface area contributed by atoms with Crippen LogP contribution in [0.5, 0.6) is 0 Å². The Bertz CT molecular complexity index is 456. The third-order valence-corrected chi connectivity index (χ3v) is 2.21. The first kappa shape index (κ1) is 11.0. The zero-order valence-electron chi connectivity index (χ0n) is 9.01. The lowest BCUT2D eigenvalue weighted by atomic mass is 10.5. The molecule has 0 spiro atoms. The molecule has 9 nitrogen and oxygen atoms in total. The lowest BCUT2D eigenvalue weighted by molar-refractivity contribution is -0.129. The van der Waals surface area contributed by atoms with Crippen LogP contribution in [0.15, 0.2) is 6.33 Å². The van der Waals surface area contributed by atoms with Gasteiger partial charge in [0, 0.05) is 7.05 Å². The summed E-state index contributed by atoms with van der Waals surface area (Å²) in [6, 6.07) is -0.484. The molecule has 1 aromatic rings. The van der Waals surface area contributed by atoms with E-state index in [1.54, 1.807) is 0 Å². The number of urea groups is 1. The summed E-state index contributed by atoms with van der Waals surface area (Å²) in [5.41, 5.74) is 0. The second-order valence-electron chi connectivity index (χ2n) is 3.50. The molecule has 90 valence electrons. The normalized spacial score (nSPS) is 15.6. The summed E-state index contributed by atoms with van der Waals surface area (Å²) in [5, 5.41) is 8.35. The van der Waals surface area contributed by atoms with Gasteiger partial charge in [0.2, 0.25) is 11.9 Å². The average Bonchev–Trinajstić information content (AvgIpc) is 2.83. The van der Waals surface area contributed by atoms with Crippen molar-refractivity contribution in [3.63, 3.8) is 0 Å². The minimum absolute atomic E-state index is 0.00553. The van der Waals surface area contributed by atoms with Crippen LogP contribution >= 0.6 is 0 Å². The molecule has 0 unspecified atom stereocenters. The molecule has 1 aliphatic rings. The highest BCUT2D eigenvalue weighted by atomic mass is 16.2. The van der Waals surface area contributed by atoms with Gasteiger partial charge in [-0.25, -0.2) is 9.89 Å². The molecule has 1 aliphatic heterocycles. The van der Waals surface area contributed by atoms with E-state index in [1.807, 2.05) is 0 Å². The number of anilines is 1. The number of aromatic nitrogens is 3. The van der Waals surface area contributed by atoms with Crippen molar-refractivity contribution >= 4 is 23.8 Å². The predicted octanol–water partition coefficient (Wildman–Crippen LogP) is -1.36. The van der Waals surface area contributed by atoms with Crippen molar-refractivity contribution in [3.05, 3.63) is 6.33 Å². The van der Waals surface area contributed by atoms with Gasteiger partial charge in [0.1, 0.15) is 19.4 Å². The minimum atomic E-state index is -0.515. The van der Waals surface area contributed by atoms with Crippen LogP contribution in [0.25, 0.3) is 0 Å². The molecule has 1 aromatic heterocycles. The van der Waals surface area contributed by atoms with Gasteiger partial charge in [0.25, 0.3) is 5.91 Å². The highest BCUT2D eigenvalue weighted by Crippen LogP contribution is 2.07. The molecule has 9 heteroatoms. The van der Waals surface area contributed by atoms with Crippen LogP contribution in [-0.2, 0) is 9.59 Å². The number of rotatable bonds is 3. The predicted molar refractivity (Wildman–Crippen MR) is 54.8 cm³/mol. The molecule has 1 saturated heterocycles. The maximum Gasteiger partial charge on any atom is 0.327 e. The molecule has 0 radical (unpaired) electrons. The number of aromatic amines is 1. The van der Waals surface area contributed by atoms with Gasteiger partial charge in [-0.15, -0.1) is 0 Å². The first-order valence-electron chi connectivity index (χ1n) is 4.78. The summed E-state index contributed by atoms with van der Waals surface area (Å²) in [6.07, 6.45) is 1.23. The van der Waals surface area contributed by atoms with E-state index in [0.29, 0.717) is 0 Å². The van der Waals surface area contributed by atoms with E-state index >= 15 is 0 Å². The number of hydrogen-bond acceptors (Lipinski definition) is 5. The highest BCUT2D eigenvalue weighted by molar-refractivity contribution is 6.05. The number of carbonyl (C=O) groups excluding carboxylic acids is 3. The van der Waals surface area contributed by atoms with Crippen molar-refractivity contribution in [2.24, 2.45) is 0 Å². The number of H-pyrrole nitrogens is 1. The second kappa shape index (κ2) is 4.20. The van der Waals surface area contributed by atoms with Crippen molar-refractivity contribution in [1.29, 1.82) is 0 Å². The lowest BCUT2D eigenvalue weighted by Gasteiger charge is -2.12. The van der Waals surface area contributed by atoms with Gasteiger partial charge in [0.05, 0.1) is 0 Å². The monoisotopic (exact) mass is 238 g/mol. The maximum atomic E-state index is 11.5. The Morgan fingerprint density at radius 2 is 2.35 bits per heavy atom. The molecule has 0 aromatic carbocycles. The summed E-state index contributed by atoms with van der Waals surface area (Å²) >= 11 is 0. The summed E-state index contributed by atoms with van der Waals surface area (Å²) in [4.78, 5) is 40.2. The zero-order valence-corrected chi connectivity index (χ0v) is 9.01. The van der Waals surface area contributed by atoms with E-state index < -0.39 is 17.8 Å². The molecule has 17 heavy (non-hydrogen) atoms. The molecule has 0 saturated carbocycles. The molecular formula is C8H10N6O3. The van der Waals surface area contributed by atoms with Crippen molar-refractivity contribution in [1.82, 2.24) is 25.0 Å². The molecule has 2 heterocycles. The molecule has 0 atom stereocenters. The van der Waals surface area contributed by atoms with Crippen molar-refractivity contribution in [3.8, 4) is 0 Å². The zero-order chi connectivity index (χ0) is 12.4. The second-order valence-corrected chi connectivity index (χ2v) is 3.50. The summed E-state index contributed by atoms with van der Waals surface area (Å²) in [7, 11) is 1.49. The minimum Gasteiger partial charge on any atom is -0.318 e. The molecule has 1 fully saturated rings. The number of likely N-dealkylation sites (N-methyl/N-ethyl adjacent to an activating group) is 1. The van der Waals surface area contributed by atoms with Gasteiger partial charge in [-0.1, -0.05) is 0 Å². The fourth-order valence-electron chi connectivity index (χ4n) is 1.41. The number of imide groups is 1. The molecule has 2 rings (SSSR count). The number of hydrogen-bond donors (Lipinski definition) is 2.